The van der Waals surface area contributed by atoms with E-state index in [4.69, 9.17) is 9.47 Å². The predicted octanol–water partition coefficient (Wildman–Crippen LogP) is 6.58. The number of phenolic OH excluding ortho intramolecular Hbond substituents is 1. The largest absolute Gasteiger partial charge is 0.508 e. The minimum Gasteiger partial charge on any atom is -0.508 e. The first-order valence-electron chi connectivity index (χ1n) is 25.5. The van der Waals surface area contributed by atoms with Crippen LogP contribution in [0.4, 0.5) is 4.79 Å². The lowest BCUT2D eigenvalue weighted by molar-refractivity contribution is -0.131. The van der Waals surface area contributed by atoms with Gasteiger partial charge in [0.1, 0.15) is 18.1 Å². The maximum absolute atomic E-state index is 14.0. The van der Waals surface area contributed by atoms with Crippen LogP contribution in [0.25, 0.3) is 28.1 Å². The fraction of sp³-hybridized carbons (Fsp3) is 0.536. The van der Waals surface area contributed by atoms with Crippen molar-refractivity contribution in [1.29, 1.82) is 0 Å². The predicted molar refractivity (Wildman–Crippen MR) is 291 cm³/mol. The molecule has 0 spiro atoms. The lowest BCUT2D eigenvalue weighted by Gasteiger charge is -2.34. The van der Waals surface area contributed by atoms with Crippen molar-refractivity contribution in [3.8, 4) is 16.9 Å². The second kappa shape index (κ2) is 28.9. The molecule has 2 aliphatic heterocycles. The van der Waals surface area contributed by atoms with Gasteiger partial charge in [-0.2, -0.15) is 0 Å². The van der Waals surface area contributed by atoms with Gasteiger partial charge in [-0.3, -0.25) is 24.8 Å². The molecule has 0 bridgehead atoms. The molecule has 17 heteroatoms. The lowest BCUT2D eigenvalue weighted by atomic mass is 9.85. The summed E-state index contributed by atoms with van der Waals surface area (Å²) < 4.78 is 13.2. The van der Waals surface area contributed by atoms with Gasteiger partial charge in [0.15, 0.2) is 0 Å². The van der Waals surface area contributed by atoms with Crippen LogP contribution in [0.3, 0.4) is 0 Å². The van der Waals surface area contributed by atoms with Crippen LogP contribution in [-0.2, 0) is 48.0 Å². The number of ether oxygens (including phenoxy) is 2. The Balaban J connectivity index is 0.00000151. The quantitative estimate of drug-likeness (QED) is 0.0562. The summed E-state index contributed by atoms with van der Waals surface area (Å²) in [5.41, 5.74) is 8.56. The van der Waals surface area contributed by atoms with Crippen molar-refractivity contribution in [1.82, 2.24) is 39.9 Å². The number of benzene rings is 2. The van der Waals surface area contributed by atoms with Crippen LogP contribution in [-0.4, -0.2) is 177 Å². The molecular formula is C56H83N9O8. The van der Waals surface area contributed by atoms with Crippen LogP contribution < -0.4 is 10.7 Å². The second-order valence-corrected chi connectivity index (χ2v) is 20.3. The molecule has 17 nitrogen and oxygen atoms in total. The molecule has 0 radical (unpaired) electrons. The highest BCUT2D eigenvalue weighted by Crippen LogP contribution is 2.37. The number of amides is 4. The second-order valence-electron chi connectivity index (χ2n) is 20.3. The van der Waals surface area contributed by atoms with Gasteiger partial charge >= 0.3 is 6.03 Å². The number of urea groups is 1. The van der Waals surface area contributed by atoms with Gasteiger partial charge in [-0.15, -0.1) is 0 Å². The first kappa shape index (κ1) is 59.4. The van der Waals surface area contributed by atoms with E-state index >= 15 is 0 Å². The van der Waals surface area contributed by atoms with Crippen LogP contribution in [0.5, 0.6) is 5.75 Å². The summed E-state index contributed by atoms with van der Waals surface area (Å²) in [4.78, 5) is 76.0. The SMILES string of the molecule is C=CC=N/C(=C/c1c(CC(C)(C)COC=O)c2cc(-c3cc(O)cc(CC(C=O)NC(=O)C(C(C)C)N(C)C(=O)N4CCCN(C(=O)/C=C/CN(C)C)CC4)c3)ccc2n1CC)C(C)OC.CN1CCCCN1. The van der Waals surface area contributed by atoms with Gasteiger partial charge in [0, 0.05) is 108 Å². The maximum atomic E-state index is 14.0. The Morgan fingerprint density at radius 2 is 1.70 bits per heavy atom. The Labute approximate surface area is 433 Å². The van der Waals surface area contributed by atoms with Gasteiger partial charge in [0.05, 0.1) is 24.4 Å². The molecule has 3 N–H and O–H groups in total. The number of aromatic hydroxyl groups is 1. The number of phenols is 1. The number of hydrogen-bond donors (Lipinski definition) is 3. The summed E-state index contributed by atoms with van der Waals surface area (Å²) in [5.74, 6) is -0.870. The van der Waals surface area contributed by atoms with Crippen LogP contribution in [0.15, 0.2) is 71.9 Å². The van der Waals surface area contributed by atoms with Crippen LogP contribution in [0.1, 0.15) is 77.6 Å². The van der Waals surface area contributed by atoms with Gasteiger partial charge < -0.3 is 48.9 Å². The highest BCUT2D eigenvalue weighted by atomic mass is 16.5. The van der Waals surface area contributed by atoms with E-state index < -0.39 is 23.4 Å². The molecule has 2 aromatic carbocycles. The monoisotopic (exact) mass is 1010 g/mol. The minimum atomic E-state index is -0.958. The van der Waals surface area contributed by atoms with Crippen LogP contribution >= 0.6 is 0 Å². The number of aliphatic imine (C=N–C) groups is 1. The van der Waals surface area contributed by atoms with Crippen molar-refractivity contribution in [2.24, 2.45) is 16.3 Å². The topological polar surface area (TPSA) is 182 Å². The van der Waals surface area contributed by atoms with Crippen molar-refractivity contribution >= 4 is 53.8 Å². The first-order chi connectivity index (χ1) is 34.8. The molecule has 0 saturated carbocycles. The molecule has 3 aromatic rings. The fourth-order valence-electron chi connectivity index (χ4n) is 9.27. The fourth-order valence-corrected chi connectivity index (χ4v) is 9.27. The van der Waals surface area contributed by atoms with E-state index in [0.29, 0.717) is 81.7 Å². The summed E-state index contributed by atoms with van der Waals surface area (Å²) in [6.45, 7) is 21.6. The van der Waals surface area contributed by atoms with E-state index in [9.17, 15) is 29.1 Å². The molecule has 1 aromatic heterocycles. The number of carbonyl (C=O) groups excluding carboxylic acids is 5. The van der Waals surface area contributed by atoms with Crippen molar-refractivity contribution in [3.05, 3.63) is 83.7 Å². The minimum absolute atomic E-state index is 0.00773. The van der Waals surface area contributed by atoms with Crippen LogP contribution in [0.2, 0.25) is 0 Å². The van der Waals surface area contributed by atoms with E-state index in [0.717, 1.165) is 34.3 Å². The number of aryl methyl sites for hydroxylation is 1. The standard InChI is InChI=1S/C51H71N7O8.C5H12N2/c1-12-19-52-44(36(5)65-11)30-46-43(31-51(6,7)33-66-34-60)42-29-38(17-18-45(42)58(46)13-2)39-25-37(27-41(61)28-39)26-40(32-59)53-49(63)48(35(3)4)55(10)50(64)57-22-15-21-56(23-24-57)47(62)16-14-20-54(8)9;1-7-5-3-2-4-6-7/h12,14,16-19,25,27-30,32,34-36,40,48,61H,1,13,15,20-24,26,31,33H2,2-11H3,(H,53,63);6H,2-5H2,1H3/b16-14+,44-30+,52-19?;. The van der Waals surface area contributed by atoms with Gasteiger partial charge in [0.25, 0.3) is 6.47 Å². The molecule has 2 aliphatic rings. The van der Waals surface area contributed by atoms with E-state index in [1.165, 1.54) is 24.3 Å². The number of hydrogen-bond acceptors (Lipinski definition) is 12. The highest BCUT2D eigenvalue weighted by molar-refractivity contribution is 5.93. The number of nitrogens with zero attached hydrogens (tertiary/aromatic N) is 7. The van der Waals surface area contributed by atoms with E-state index in [-0.39, 0.29) is 42.7 Å². The molecule has 73 heavy (non-hydrogen) atoms. The zero-order chi connectivity index (χ0) is 53.8. The van der Waals surface area contributed by atoms with E-state index in [1.807, 2.05) is 84.0 Å². The molecule has 0 aliphatic carbocycles. The van der Waals surface area contributed by atoms with Crippen molar-refractivity contribution in [2.45, 2.75) is 98.4 Å². The molecule has 400 valence electrons. The molecular weight excluding hydrogens is 927 g/mol. The molecule has 2 fully saturated rings. The number of hydrazine groups is 1. The molecule has 4 amide bonds. The van der Waals surface area contributed by atoms with E-state index in [2.05, 4.69) is 51.9 Å². The first-order valence-corrected chi connectivity index (χ1v) is 25.5. The number of fused-ring (bicyclic) bond motifs is 1. The number of allylic oxidation sites excluding steroid dienone is 1. The lowest BCUT2D eigenvalue weighted by Crippen LogP contribution is -2.56. The normalized spacial score (nSPS) is 16.3. The Morgan fingerprint density at radius 1 is 0.973 bits per heavy atom. The Morgan fingerprint density at radius 3 is 2.30 bits per heavy atom. The Kier molecular flexibility index (Phi) is 23.6. The van der Waals surface area contributed by atoms with Crippen molar-refractivity contribution in [3.63, 3.8) is 0 Å². The molecule has 3 unspecified atom stereocenters. The van der Waals surface area contributed by atoms with Crippen molar-refractivity contribution < 1.29 is 38.6 Å². The Hall–Kier alpha value is -6.14. The summed E-state index contributed by atoms with van der Waals surface area (Å²) in [5, 5.41) is 17.0. The smallest absolute Gasteiger partial charge is 0.320 e. The van der Waals surface area contributed by atoms with Crippen molar-refractivity contribution in [2.75, 3.05) is 87.7 Å². The third-order valence-corrected chi connectivity index (χ3v) is 13.1. The number of aromatic nitrogens is 1. The highest BCUT2D eigenvalue weighted by Gasteiger charge is 2.34. The number of carbonyl (C=O) groups is 5. The summed E-state index contributed by atoms with van der Waals surface area (Å²) in [6, 6.07) is 9.07. The van der Waals surface area contributed by atoms with Gasteiger partial charge in [-0.1, -0.05) is 58.6 Å². The average Bonchev–Trinajstić information content (AvgIpc) is 3.45. The van der Waals surface area contributed by atoms with Gasteiger partial charge in [-0.25, -0.2) is 9.80 Å². The average molecular weight is 1010 g/mol. The van der Waals surface area contributed by atoms with E-state index in [1.54, 1.807) is 54.5 Å². The van der Waals surface area contributed by atoms with Gasteiger partial charge in [0.2, 0.25) is 11.8 Å². The summed E-state index contributed by atoms with van der Waals surface area (Å²) in [7, 11) is 9.16. The van der Waals surface area contributed by atoms with Gasteiger partial charge in [-0.05, 0) is 119 Å². The molecule has 2 saturated heterocycles. The zero-order valence-corrected chi connectivity index (χ0v) is 45.4. The third-order valence-electron chi connectivity index (χ3n) is 13.1. The number of likely N-dealkylation sites (N-methyl/N-ethyl adjacent to an activating group) is 2. The number of aldehydes is 1. The maximum Gasteiger partial charge on any atom is 0.320 e. The number of rotatable bonds is 22. The van der Waals surface area contributed by atoms with Crippen LogP contribution in [0, 0.1) is 11.3 Å². The third kappa shape index (κ3) is 17.5. The number of nitrogens with one attached hydrogen (secondary N) is 2. The molecule has 3 atom stereocenters. The summed E-state index contributed by atoms with van der Waals surface area (Å²) in [6.07, 6.45) is 12.9. The number of methoxy groups -OCH3 is 1. The summed E-state index contributed by atoms with van der Waals surface area (Å²) >= 11 is 0. The molecule has 3 heterocycles. The zero-order valence-electron chi connectivity index (χ0n) is 45.4. The Bertz CT molecular complexity index is 2420. The molecule has 5 rings (SSSR count).